The van der Waals surface area contributed by atoms with E-state index in [2.05, 4.69) is 21.2 Å². The van der Waals surface area contributed by atoms with Crippen molar-refractivity contribution in [3.05, 3.63) is 79.8 Å². The summed E-state index contributed by atoms with van der Waals surface area (Å²) in [5.41, 5.74) is 1.62. The molecule has 132 valence electrons. The van der Waals surface area contributed by atoms with Gasteiger partial charge in [0.15, 0.2) is 0 Å². The molecule has 1 aliphatic heterocycles. The molecule has 0 radical (unpaired) electrons. The molecule has 2 aromatic rings. The van der Waals surface area contributed by atoms with Gasteiger partial charge in [0.25, 0.3) is 5.69 Å². The molecule has 7 heteroatoms. The van der Waals surface area contributed by atoms with Crippen molar-refractivity contribution >= 4 is 33.3 Å². The number of rotatable bonds is 3. The van der Waals surface area contributed by atoms with E-state index < -0.39 is 10.9 Å². The first-order chi connectivity index (χ1) is 12.5. The van der Waals surface area contributed by atoms with E-state index in [4.69, 9.17) is 0 Å². The molecule has 1 aliphatic carbocycles. The first-order valence-corrected chi connectivity index (χ1v) is 8.98. The Bertz CT molecular complexity index is 939. The Kier molecular flexibility index (Phi) is 4.03. The van der Waals surface area contributed by atoms with Crippen LogP contribution in [0.4, 0.5) is 11.4 Å². The van der Waals surface area contributed by atoms with Gasteiger partial charge in [0.1, 0.15) is 0 Å². The quantitative estimate of drug-likeness (QED) is 0.471. The lowest BCUT2D eigenvalue weighted by Crippen LogP contribution is -2.33. The van der Waals surface area contributed by atoms with Crippen molar-refractivity contribution in [3.63, 3.8) is 0 Å². The molecule has 0 spiro atoms. The summed E-state index contributed by atoms with van der Waals surface area (Å²) < 4.78 is 0.949. The van der Waals surface area contributed by atoms with Crippen LogP contribution >= 0.6 is 15.9 Å². The van der Waals surface area contributed by atoms with E-state index >= 15 is 0 Å². The Morgan fingerprint density at radius 1 is 1.19 bits per heavy atom. The number of nitro benzene ring substituents is 1. The van der Waals surface area contributed by atoms with Crippen LogP contribution in [-0.2, 0) is 0 Å². The van der Waals surface area contributed by atoms with Gasteiger partial charge in [-0.15, -0.1) is 0 Å². The van der Waals surface area contributed by atoms with Gasteiger partial charge in [-0.3, -0.25) is 10.1 Å². The zero-order valence-electron chi connectivity index (χ0n) is 13.5. The molecule has 0 saturated carbocycles. The minimum absolute atomic E-state index is 0.0496. The molecule has 1 N–H and O–H groups in total. The maximum absolute atomic E-state index is 11.6. The van der Waals surface area contributed by atoms with E-state index in [1.165, 1.54) is 12.1 Å². The minimum Gasteiger partial charge on any atom is -0.545 e. The summed E-state index contributed by atoms with van der Waals surface area (Å²) in [5.74, 6) is -1.47. The number of hydrogen-bond acceptors (Lipinski definition) is 5. The third-order valence-corrected chi connectivity index (χ3v) is 5.67. The third kappa shape index (κ3) is 2.59. The van der Waals surface area contributed by atoms with E-state index in [1.54, 1.807) is 0 Å². The van der Waals surface area contributed by atoms with Gasteiger partial charge in [-0.25, -0.2) is 0 Å². The monoisotopic (exact) mass is 413 g/mol. The Hall–Kier alpha value is -2.67. The van der Waals surface area contributed by atoms with Crippen LogP contribution in [0.3, 0.4) is 0 Å². The molecule has 0 unspecified atom stereocenters. The number of nitrogens with zero attached hydrogens (tertiary/aromatic N) is 1. The molecule has 26 heavy (non-hydrogen) atoms. The average Bonchev–Trinajstić information content (AvgIpc) is 3.10. The van der Waals surface area contributed by atoms with E-state index in [9.17, 15) is 20.0 Å². The summed E-state index contributed by atoms with van der Waals surface area (Å²) in [6.07, 6.45) is 4.72. The molecule has 0 bridgehead atoms. The fourth-order valence-electron chi connectivity index (χ4n) is 4.02. The third-order valence-electron chi connectivity index (χ3n) is 5.14. The Morgan fingerprint density at radius 3 is 2.58 bits per heavy atom. The molecule has 1 heterocycles. The first-order valence-electron chi connectivity index (χ1n) is 8.18. The summed E-state index contributed by atoms with van der Waals surface area (Å²) in [5, 5.41) is 26.4. The van der Waals surface area contributed by atoms with Crippen LogP contribution in [0.15, 0.2) is 53.0 Å². The van der Waals surface area contributed by atoms with Crippen LogP contribution in [0.1, 0.15) is 39.9 Å². The van der Waals surface area contributed by atoms with Crippen molar-refractivity contribution in [3.8, 4) is 0 Å². The molecule has 0 amide bonds. The highest BCUT2D eigenvalue weighted by Gasteiger charge is 2.42. The SMILES string of the molecule is O=C([O-])c1ccc([N+](=O)[O-])c2c1N[C@@H](c1ccc(Br)cc1)[C@@H]1CC=C[C@H]21. The number of aromatic carboxylic acids is 1. The maximum Gasteiger partial charge on any atom is 0.275 e. The van der Waals surface area contributed by atoms with Crippen molar-refractivity contribution in [2.24, 2.45) is 5.92 Å². The molecule has 2 aliphatic rings. The number of carboxylic acids is 1. The minimum atomic E-state index is -1.35. The number of nitro groups is 1. The smallest absolute Gasteiger partial charge is 0.275 e. The van der Waals surface area contributed by atoms with E-state index in [-0.39, 0.29) is 29.1 Å². The first kappa shape index (κ1) is 16.8. The summed E-state index contributed by atoms with van der Waals surface area (Å²) in [6, 6.07) is 10.2. The van der Waals surface area contributed by atoms with Gasteiger partial charge < -0.3 is 15.2 Å². The number of carbonyl (C=O) groups excluding carboxylic acids is 1. The predicted octanol–water partition coefficient (Wildman–Crippen LogP) is 3.55. The van der Waals surface area contributed by atoms with Gasteiger partial charge in [0.05, 0.1) is 28.2 Å². The lowest BCUT2D eigenvalue weighted by molar-refractivity contribution is -0.385. The fraction of sp³-hybridized carbons (Fsp3) is 0.211. The molecule has 3 atom stereocenters. The second-order valence-corrected chi connectivity index (χ2v) is 7.41. The van der Waals surface area contributed by atoms with Crippen molar-refractivity contribution in [2.75, 3.05) is 5.32 Å². The molecule has 6 nitrogen and oxygen atoms in total. The van der Waals surface area contributed by atoms with Crippen molar-refractivity contribution in [2.45, 2.75) is 18.4 Å². The van der Waals surface area contributed by atoms with Crippen molar-refractivity contribution in [1.82, 2.24) is 0 Å². The second-order valence-electron chi connectivity index (χ2n) is 6.49. The van der Waals surface area contributed by atoms with Crippen LogP contribution < -0.4 is 10.4 Å². The zero-order chi connectivity index (χ0) is 18.4. The number of carboxylic acid groups (broad SMARTS) is 1. The van der Waals surface area contributed by atoms with Crippen LogP contribution in [0, 0.1) is 16.0 Å². The van der Waals surface area contributed by atoms with Crippen LogP contribution in [0.2, 0.25) is 0 Å². The lowest BCUT2D eigenvalue weighted by Gasteiger charge is -2.38. The standard InChI is InChI=1S/C19H15BrN2O4/c20-11-6-4-10(5-7-11)17-13-3-1-2-12(13)16-15(22(25)26)9-8-14(19(23)24)18(16)21-17/h1-2,4-9,12-13,17,21H,3H2,(H,23,24)/p-1/t12-,13+,17-/m0/s1. The predicted molar refractivity (Wildman–Crippen MR) is 97.9 cm³/mol. The Balaban J connectivity index is 1.91. The van der Waals surface area contributed by atoms with Gasteiger partial charge in [-0.05, 0) is 36.1 Å². The summed E-state index contributed by atoms with van der Waals surface area (Å²) in [7, 11) is 0. The molecule has 0 saturated heterocycles. The van der Waals surface area contributed by atoms with Gasteiger partial charge in [0, 0.05) is 22.0 Å². The normalized spacial score (nSPS) is 23.0. The van der Waals surface area contributed by atoms with Gasteiger partial charge in [-0.2, -0.15) is 0 Å². The molecule has 4 rings (SSSR count). The highest BCUT2D eigenvalue weighted by atomic mass is 79.9. The van der Waals surface area contributed by atoms with Crippen molar-refractivity contribution in [1.29, 1.82) is 0 Å². The maximum atomic E-state index is 11.6. The van der Waals surface area contributed by atoms with Gasteiger partial charge in [0.2, 0.25) is 0 Å². The number of benzene rings is 2. The molecule has 2 aromatic carbocycles. The Labute approximate surface area is 157 Å². The summed E-state index contributed by atoms with van der Waals surface area (Å²) in [6.45, 7) is 0. The van der Waals surface area contributed by atoms with E-state index in [0.29, 0.717) is 11.3 Å². The van der Waals surface area contributed by atoms with E-state index in [1.807, 2.05) is 36.4 Å². The van der Waals surface area contributed by atoms with Crippen LogP contribution in [0.25, 0.3) is 0 Å². The molecule has 0 aromatic heterocycles. The largest absolute Gasteiger partial charge is 0.545 e. The van der Waals surface area contributed by atoms with Crippen LogP contribution in [-0.4, -0.2) is 10.9 Å². The molecular weight excluding hydrogens is 400 g/mol. The van der Waals surface area contributed by atoms with Crippen molar-refractivity contribution < 1.29 is 14.8 Å². The number of anilines is 1. The molecular formula is C19H14BrN2O4-. The number of allylic oxidation sites excluding steroid dienone is 2. The average molecular weight is 414 g/mol. The fourth-order valence-corrected chi connectivity index (χ4v) is 4.28. The second kappa shape index (κ2) is 6.25. The van der Waals surface area contributed by atoms with Crippen LogP contribution in [0.5, 0.6) is 0 Å². The topological polar surface area (TPSA) is 95.3 Å². The number of nitrogens with one attached hydrogen (secondary N) is 1. The Morgan fingerprint density at radius 2 is 1.92 bits per heavy atom. The number of hydrogen-bond donors (Lipinski definition) is 1. The highest BCUT2D eigenvalue weighted by Crippen LogP contribution is 2.53. The number of halogens is 1. The van der Waals surface area contributed by atoms with E-state index in [0.717, 1.165) is 16.5 Å². The summed E-state index contributed by atoms with van der Waals surface area (Å²) >= 11 is 3.41. The lowest BCUT2D eigenvalue weighted by atomic mass is 9.75. The molecule has 0 fully saturated rings. The van der Waals surface area contributed by atoms with Gasteiger partial charge >= 0.3 is 0 Å². The number of fused-ring (bicyclic) bond motifs is 3. The number of carbonyl (C=O) groups is 1. The summed E-state index contributed by atoms with van der Waals surface area (Å²) in [4.78, 5) is 22.7. The zero-order valence-corrected chi connectivity index (χ0v) is 15.1. The highest BCUT2D eigenvalue weighted by molar-refractivity contribution is 9.10. The van der Waals surface area contributed by atoms with Gasteiger partial charge in [-0.1, -0.05) is 40.2 Å².